The first-order valence-electron chi connectivity index (χ1n) is 12.9. The van der Waals surface area contributed by atoms with E-state index in [1.54, 1.807) is 20.3 Å². The molecule has 1 spiro atoms. The van der Waals surface area contributed by atoms with Crippen molar-refractivity contribution < 1.29 is 19.4 Å². The van der Waals surface area contributed by atoms with Crippen LogP contribution in [0.5, 0.6) is 5.75 Å². The second-order valence-electron chi connectivity index (χ2n) is 10.9. The van der Waals surface area contributed by atoms with Gasteiger partial charge in [0.25, 0.3) is 0 Å². The van der Waals surface area contributed by atoms with E-state index in [0.717, 1.165) is 49.6 Å². The number of aromatic nitrogens is 1. The highest BCUT2D eigenvalue weighted by molar-refractivity contribution is 5.89. The molecule has 3 aliphatic rings. The summed E-state index contributed by atoms with van der Waals surface area (Å²) >= 11 is 0. The normalized spacial score (nSPS) is 21.6. The predicted octanol–water partition coefficient (Wildman–Crippen LogP) is 5.14. The molecule has 2 aromatic carbocycles. The summed E-state index contributed by atoms with van der Waals surface area (Å²) in [6.45, 7) is 5.51. The van der Waals surface area contributed by atoms with Crippen molar-refractivity contribution in [1.82, 2.24) is 9.88 Å². The number of carbonyl (C=O) groups is 1. The monoisotopic (exact) mass is 489 g/mol. The van der Waals surface area contributed by atoms with Gasteiger partial charge in [0.05, 0.1) is 18.8 Å². The van der Waals surface area contributed by atoms with E-state index in [0.29, 0.717) is 11.0 Å². The van der Waals surface area contributed by atoms with E-state index in [-0.39, 0.29) is 12.1 Å². The van der Waals surface area contributed by atoms with Gasteiger partial charge in [-0.1, -0.05) is 6.07 Å². The SMILES string of the molecule is COc1cc(C)c2[nH]ccc2c1CN1CCC2(CC2)C[C@H]1c1ccc(C(=O)O)cc1N1CC(OC)C1. The summed E-state index contributed by atoms with van der Waals surface area (Å²) in [6.07, 6.45) is 7.12. The van der Waals surface area contributed by atoms with E-state index in [9.17, 15) is 9.90 Å². The van der Waals surface area contributed by atoms with Crippen LogP contribution in [-0.4, -0.2) is 60.9 Å². The van der Waals surface area contributed by atoms with Gasteiger partial charge in [-0.3, -0.25) is 4.90 Å². The van der Waals surface area contributed by atoms with Crippen molar-refractivity contribution in [3.63, 3.8) is 0 Å². The lowest BCUT2D eigenvalue weighted by atomic mass is 9.83. The largest absolute Gasteiger partial charge is 0.496 e. The third-order valence-electron chi connectivity index (χ3n) is 8.80. The molecule has 0 unspecified atom stereocenters. The minimum Gasteiger partial charge on any atom is -0.496 e. The molecular formula is C29H35N3O4. The quantitative estimate of drug-likeness (QED) is 0.479. The van der Waals surface area contributed by atoms with Crippen molar-refractivity contribution in [3.05, 3.63) is 58.8 Å². The lowest BCUT2D eigenvalue weighted by Gasteiger charge is -2.45. The number of benzene rings is 2. The van der Waals surface area contributed by atoms with Crippen LogP contribution < -0.4 is 9.64 Å². The Bertz CT molecular complexity index is 1310. The molecule has 0 radical (unpaired) electrons. The molecule has 1 aliphatic carbocycles. The number of aryl methyl sites for hydroxylation is 1. The second-order valence-corrected chi connectivity index (χ2v) is 10.9. The molecule has 1 aromatic heterocycles. The third kappa shape index (κ3) is 3.95. The second kappa shape index (κ2) is 8.82. The number of aromatic amines is 1. The summed E-state index contributed by atoms with van der Waals surface area (Å²) in [5, 5.41) is 10.9. The zero-order valence-electron chi connectivity index (χ0n) is 21.3. The Kier molecular flexibility index (Phi) is 5.73. The molecule has 7 heteroatoms. The summed E-state index contributed by atoms with van der Waals surface area (Å²) in [5.41, 5.74) is 6.61. The van der Waals surface area contributed by atoms with Crippen LogP contribution in [0.2, 0.25) is 0 Å². The fourth-order valence-corrected chi connectivity index (χ4v) is 6.31. The van der Waals surface area contributed by atoms with E-state index in [1.165, 1.54) is 41.3 Å². The van der Waals surface area contributed by atoms with Gasteiger partial charge in [-0.2, -0.15) is 0 Å². The Hall–Kier alpha value is -3.03. The molecule has 2 aliphatic heterocycles. The molecule has 3 fully saturated rings. The molecule has 0 bridgehead atoms. The van der Waals surface area contributed by atoms with Gasteiger partial charge >= 0.3 is 5.97 Å². The molecule has 1 atom stereocenters. The molecule has 3 aromatic rings. The topological polar surface area (TPSA) is 78.0 Å². The number of carboxylic acids is 1. The highest BCUT2D eigenvalue weighted by Crippen LogP contribution is 2.59. The molecule has 1 saturated carbocycles. The number of nitrogens with one attached hydrogen (secondary N) is 1. The fourth-order valence-electron chi connectivity index (χ4n) is 6.31. The van der Waals surface area contributed by atoms with Crippen molar-refractivity contribution in [2.45, 2.75) is 51.3 Å². The predicted molar refractivity (Wildman–Crippen MR) is 140 cm³/mol. The molecule has 2 N–H and O–H groups in total. The van der Waals surface area contributed by atoms with Crippen LogP contribution in [0, 0.1) is 12.3 Å². The van der Waals surface area contributed by atoms with E-state index in [2.05, 4.69) is 39.9 Å². The zero-order valence-corrected chi connectivity index (χ0v) is 21.3. The molecule has 0 amide bonds. The molecule has 3 heterocycles. The number of anilines is 1. The lowest BCUT2D eigenvalue weighted by molar-refractivity contribution is 0.0695. The standard InChI is InChI=1S/C29H35N3O4/c1-18-12-26(36-3)23(21-6-10-30-27(18)21)17-31-11-9-29(7-8-29)14-25(31)22-5-4-19(28(33)34)13-24(22)32-15-20(16-32)35-2/h4-6,10,12-13,20,25,30H,7-9,11,14-17H2,1-3H3,(H,33,34)/t25-/m0/s1. The Labute approximate surface area is 212 Å². The van der Waals surface area contributed by atoms with Crippen LogP contribution in [0.4, 0.5) is 5.69 Å². The summed E-state index contributed by atoms with van der Waals surface area (Å²) in [5.74, 6) is 0.0437. The van der Waals surface area contributed by atoms with Crippen molar-refractivity contribution in [2.75, 3.05) is 38.8 Å². The minimum atomic E-state index is -0.884. The van der Waals surface area contributed by atoms with Crippen molar-refractivity contribution in [2.24, 2.45) is 5.41 Å². The molecule has 7 nitrogen and oxygen atoms in total. The van der Waals surface area contributed by atoms with Gasteiger partial charge < -0.3 is 24.5 Å². The maximum absolute atomic E-state index is 11.8. The van der Waals surface area contributed by atoms with Crippen molar-refractivity contribution in [3.8, 4) is 5.75 Å². The van der Waals surface area contributed by atoms with E-state index >= 15 is 0 Å². The van der Waals surface area contributed by atoms with Crippen LogP contribution in [0.25, 0.3) is 10.9 Å². The minimum absolute atomic E-state index is 0.197. The van der Waals surface area contributed by atoms with Crippen molar-refractivity contribution >= 4 is 22.6 Å². The summed E-state index contributed by atoms with van der Waals surface area (Å²) in [4.78, 5) is 20.1. The smallest absolute Gasteiger partial charge is 0.335 e. The lowest BCUT2D eigenvalue weighted by Crippen LogP contribution is -2.52. The average molecular weight is 490 g/mol. The summed E-state index contributed by atoms with van der Waals surface area (Å²) in [7, 11) is 3.50. The fraction of sp³-hybridized carbons (Fsp3) is 0.483. The summed E-state index contributed by atoms with van der Waals surface area (Å²) in [6, 6.07) is 10.2. The van der Waals surface area contributed by atoms with Gasteiger partial charge in [-0.25, -0.2) is 4.79 Å². The number of likely N-dealkylation sites (tertiary alicyclic amines) is 1. The van der Waals surface area contributed by atoms with Gasteiger partial charge in [0.15, 0.2) is 0 Å². The number of aromatic carboxylic acids is 1. The van der Waals surface area contributed by atoms with Crippen molar-refractivity contribution in [1.29, 1.82) is 0 Å². The number of rotatable bonds is 7. The van der Waals surface area contributed by atoms with E-state index in [4.69, 9.17) is 9.47 Å². The van der Waals surface area contributed by atoms with Gasteiger partial charge in [-0.15, -0.1) is 0 Å². The highest BCUT2D eigenvalue weighted by atomic mass is 16.5. The Morgan fingerprint density at radius 2 is 1.97 bits per heavy atom. The maximum Gasteiger partial charge on any atom is 0.335 e. The first-order chi connectivity index (χ1) is 17.4. The van der Waals surface area contributed by atoms with Crippen LogP contribution in [0.1, 0.15) is 58.8 Å². The Balaban J connectivity index is 1.40. The van der Waals surface area contributed by atoms with Crippen LogP contribution in [0.3, 0.4) is 0 Å². The number of H-pyrrole nitrogens is 1. The number of piperidine rings is 1. The highest BCUT2D eigenvalue weighted by Gasteiger charge is 2.49. The zero-order chi connectivity index (χ0) is 25.0. The molecule has 36 heavy (non-hydrogen) atoms. The third-order valence-corrected chi connectivity index (χ3v) is 8.80. The molecule has 6 rings (SSSR count). The number of fused-ring (bicyclic) bond motifs is 1. The number of ether oxygens (including phenoxy) is 2. The summed E-state index contributed by atoms with van der Waals surface area (Å²) < 4.78 is 11.4. The molecule has 2 saturated heterocycles. The van der Waals surface area contributed by atoms with Crippen LogP contribution in [-0.2, 0) is 11.3 Å². The molecular weight excluding hydrogens is 454 g/mol. The number of hydrogen-bond acceptors (Lipinski definition) is 5. The van der Waals surface area contributed by atoms with Gasteiger partial charge in [-0.05, 0) is 80.0 Å². The first-order valence-corrected chi connectivity index (χ1v) is 12.9. The first kappa shape index (κ1) is 23.4. The van der Waals surface area contributed by atoms with Gasteiger partial charge in [0.1, 0.15) is 5.75 Å². The Morgan fingerprint density at radius 1 is 1.17 bits per heavy atom. The number of hydrogen-bond donors (Lipinski definition) is 2. The van der Waals surface area contributed by atoms with Gasteiger partial charge in [0, 0.05) is 61.1 Å². The Morgan fingerprint density at radius 3 is 2.67 bits per heavy atom. The maximum atomic E-state index is 11.8. The number of nitrogens with zero attached hydrogens (tertiary/aromatic N) is 2. The van der Waals surface area contributed by atoms with Crippen LogP contribution in [0.15, 0.2) is 36.5 Å². The van der Waals surface area contributed by atoms with E-state index < -0.39 is 5.97 Å². The number of methoxy groups -OCH3 is 2. The van der Waals surface area contributed by atoms with E-state index in [1.807, 2.05) is 12.3 Å². The molecule has 190 valence electrons. The van der Waals surface area contributed by atoms with Crippen LogP contribution >= 0.6 is 0 Å². The van der Waals surface area contributed by atoms with Gasteiger partial charge in [0.2, 0.25) is 0 Å². The number of carboxylic acid groups (broad SMARTS) is 1. The average Bonchev–Trinajstić information content (AvgIpc) is 3.40.